The average molecular weight is 311 g/mol. The maximum atomic E-state index is 9.87. The number of ether oxygens (including phenoxy) is 1. The van der Waals surface area contributed by atoms with Crippen LogP contribution in [0.5, 0.6) is 5.75 Å². The Morgan fingerprint density at radius 1 is 1.45 bits per heavy atom. The summed E-state index contributed by atoms with van der Waals surface area (Å²) in [6, 6.07) is 5.57. The quantitative estimate of drug-likeness (QED) is 0.418. The molecule has 2 rings (SSSR count). The van der Waals surface area contributed by atoms with Gasteiger partial charge in [0.2, 0.25) is 0 Å². The summed E-state index contributed by atoms with van der Waals surface area (Å²) < 4.78 is 11.0. The number of aliphatic hydroxyl groups is 1. The Bertz CT molecular complexity index is 480. The molecule has 1 aliphatic rings. The minimum absolute atomic E-state index is 0.164. The van der Waals surface area contributed by atoms with Crippen molar-refractivity contribution in [2.75, 3.05) is 19.8 Å². The van der Waals surface area contributed by atoms with Crippen molar-refractivity contribution in [3.63, 3.8) is 0 Å². The van der Waals surface area contributed by atoms with Crippen molar-refractivity contribution in [3.8, 4) is 5.75 Å². The van der Waals surface area contributed by atoms with Crippen molar-refractivity contribution in [3.05, 3.63) is 23.8 Å². The normalized spacial score (nSPS) is 15.8. The molecule has 0 amide bonds. The molecule has 22 heavy (non-hydrogen) atoms. The molecular formula is C14H22BNO6. The molecule has 0 saturated carbocycles. The molecule has 0 aliphatic carbocycles. The van der Waals surface area contributed by atoms with Gasteiger partial charge < -0.3 is 30.4 Å². The first-order chi connectivity index (χ1) is 10.5. The number of hydrogen-bond acceptors (Lipinski definition) is 6. The van der Waals surface area contributed by atoms with Gasteiger partial charge >= 0.3 is 7.12 Å². The van der Waals surface area contributed by atoms with E-state index in [0.717, 1.165) is 18.9 Å². The second-order valence-corrected chi connectivity index (χ2v) is 4.77. The van der Waals surface area contributed by atoms with Gasteiger partial charge in [-0.15, -0.1) is 0 Å². The van der Waals surface area contributed by atoms with Crippen LogP contribution in [0.3, 0.4) is 0 Å². The van der Waals surface area contributed by atoms with Gasteiger partial charge in [0.25, 0.3) is 5.97 Å². The third kappa shape index (κ3) is 5.30. The van der Waals surface area contributed by atoms with Crippen LogP contribution in [0.2, 0.25) is 0 Å². The van der Waals surface area contributed by atoms with Crippen molar-refractivity contribution in [2.45, 2.75) is 25.9 Å². The summed E-state index contributed by atoms with van der Waals surface area (Å²) in [6.07, 6.45) is 1.22. The van der Waals surface area contributed by atoms with Gasteiger partial charge in [-0.2, -0.15) is 0 Å². The number of carbonyl (C=O) groups is 1. The minimum Gasteiger partial charge on any atom is -0.494 e. The number of carboxylic acid groups (broad SMARTS) is 1. The number of rotatable bonds is 6. The molecular weight excluding hydrogens is 289 g/mol. The molecule has 1 heterocycles. The lowest BCUT2D eigenvalue weighted by atomic mass is 9.78. The summed E-state index contributed by atoms with van der Waals surface area (Å²) in [5.74, 6) is -0.200. The maximum Gasteiger partial charge on any atom is 0.495 e. The van der Waals surface area contributed by atoms with Gasteiger partial charge in [-0.25, -0.2) is 0 Å². The Labute approximate surface area is 129 Å². The first kappa shape index (κ1) is 18.4. The van der Waals surface area contributed by atoms with Crippen LogP contribution in [-0.2, 0) is 9.45 Å². The molecule has 7 nitrogen and oxygen atoms in total. The zero-order valence-corrected chi connectivity index (χ0v) is 12.6. The number of nitrogens with two attached hydrogens (primary N) is 1. The van der Waals surface area contributed by atoms with Crippen molar-refractivity contribution in [1.82, 2.24) is 0 Å². The molecule has 0 bridgehead atoms. The topological polar surface area (TPSA) is 122 Å². The van der Waals surface area contributed by atoms with Gasteiger partial charge in [0.1, 0.15) is 5.75 Å². The van der Waals surface area contributed by atoms with Gasteiger partial charge in [-0.3, -0.25) is 4.79 Å². The molecule has 1 aliphatic heterocycles. The third-order valence-corrected chi connectivity index (χ3v) is 3.01. The van der Waals surface area contributed by atoms with Gasteiger partial charge in [0.15, 0.2) is 0 Å². The molecule has 1 unspecified atom stereocenters. The van der Waals surface area contributed by atoms with Gasteiger partial charge in [0.05, 0.1) is 12.7 Å². The van der Waals surface area contributed by atoms with E-state index in [1.807, 2.05) is 18.2 Å². The van der Waals surface area contributed by atoms with E-state index in [1.54, 1.807) is 0 Å². The fraction of sp³-hybridized carbons (Fsp3) is 0.500. The van der Waals surface area contributed by atoms with Crippen LogP contribution in [-0.4, -0.2) is 48.1 Å². The van der Waals surface area contributed by atoms with E-state index in [4.69, 9.17) is 30.1 Å². The molecule has 1 aromatic rings. The molecule has 0 aromatic heterocycles. The number of fused-ring (bicyclic) bond motifs is 1. The van der Waals surface area contributed by atoms with Crippen molar-refractivity contribution in [2.24, 2.45) is 5.73 Å². The Kier molecular flexibility index (Phi) is 7.90. The SMILES string of the molecule is CC(=O)O.NCC1OB(O)c2c(OCCCCO)cccc21. The van der Waals surface area contributed by atoms with Crippen molar-refractivity contribution >= 4 is 18.6 Å². The van der Waals surface area contributed by atoms with Crippen LogP contribution in [0, 0.1) is 0 Å². The van der Waals surface area contributed by atoms with E-state index in [-0.39, 0.29) is 12.7 Å². The number of aliphatic carboxylic acids is 1. The summed E-state index contributed by atoms with van der Waals surface area (Å²) in [4.78, 5) is 9.00. The molecule has 0 saturated heterocycles. The Morgan fingerprint density at radius 2 is 2.14 bits per heavy atom. The molecule has 122 valence electrons. The number of carboxylic acids is 1. The summed E-state index contributed by atoms with van der Waals surface area (Å²) in [7, 11) is -0.970. The van der Waals surface area contributed by atoms with Crippen LogP contribution in [0.25, 0.3) is 0 Å². The van der Waals surface area contributed by atoms with E-state index in [2.05, 4.69) is 0 Å². The van der Waals surface area contributed by atoms with E-state index in [9.17, 15) is 5.02 Å². The summed E-state index contributed by atoms with van der Waals surface area (Å²) in [5, 5.41) is 26.0. The monoisotopic (exact) mass is 311 g/mol. The third-order valence-electron chi connectivity index (χ3n) is 3.01. The predicted molar refractivity (Wildman–Crippen MR) is 82.1 cm³/mol. The van der Waals surface area contributed by atoms with Crippen LogP contribution in [0.4, 0.5) is 0 Å². The highest BCUT2D eigenvalue weighted by atomic mass is 16.5. The summed E-state index contributed by atoms with van der Waals surface area (Å²) >= 11 is 0. The van der Waals surface area contributed by atoms with E-state index < -0.39 is 13.1 Å². The Balaban J connectivity index is 0.000000541. The second kappa shape index (κ2) is 9.42. The Morgan fingerprint density at radius 3 is 2.73 bits per heavy atom. The zero-order chi connectivity index (χ0) is 16.5. The Hall–Kier alpha value is -1.61. The molecule has 8 heteroatoms. The predicted octanol–water partition coefficient (Wildman–Crippen LogP) is -0.354. The van der Waals surface area contributed by atoms with Gasteiger partial charge in [-0.05, 0) is 24.5 Å². The highest BCUT2D eigenvalue weighted by molar-refractivity contribution is 6.62. The van der Waals surface area contributed by atoms with Crippen LogP contribution >= 0.6 is 0 Å². The highest BCUT2D eigenvalue weighted by Gasteiger charge is 2.37. The maximum absolute atomic E-state index is 9.87. The summed E-state index contributed by atoms with van der Waals surface area (Å²) in [5.41, 5.74) is 7.17. The smallest absolute Gasteiger partial charge is 0.494 e. The largest absolute Gasteiger partial charge is 0.495 e. The first-order valence-electron chi connectivity index (χ1n) is 7.10. The number of unbranched alkanes of at least 4 members (excludes halogenated alkanes) is 1. The van der Waals surface area contributed by atoms with Crippen molar-refractivity contribution < 1.29 is 29.4 Å². The van der Waals surface area contributed by atoms with E-state index >= 15 is 0 Å². The lowest BCUT2D eigenvalue weighted by molar-refractivity contribution is -0.134. The van der Waals surface area contributed by atoms with Gasteiger partial charge in [-0.1, -0.05) is 12.1 Å². The average Bonchev–Trinajstić information content (AvgIpc) is 2.80. The van der Waals surface area contributed by atoms with Crippen LogP contribution in [0.15, 0.2) is 18.2 Å². The second-order valence-electron chi connectivity index (χ2n) is 4.77. The lowest BCUT2D eigenvalue weighted by Crippen LogP contribution is -2.30. The fourth-order valence-corrected chi connectivity index (χ4v) is 2.11. The number of aliphatic hydroxyl groups excluding tert-OH is 1. The molecule has 5 N–H and O–H groups in total. The van der Waals surface area contributed by atoms with Crippen LogP contribution < -0.4 is 15.9 Å². The number of hydrogen-bond donors (Lipinski definition) is 4. The standard InChI is InChI=1S/C12H18BNO4.C2H4O2/c14-8-11-9-4-3-5-10(12(9)13(16)18-11)17-7-2-1-6-15;1-2(3)4/h3-5,11,15-16H,1-2,6-8,14H2;1H3,(H,3,4). The molecule has 1 aromatic carbocycles. The molecule has 1 atom stereocenters. The van der Waals surface area contributed by atoms with E-state index in [1.165, 1.54) is 0 Å². The zero-order valence-electron chi connectivity index (χ0n) is 12.6. The lowest BCUT2D eigenvalue weighted by Gasteiger charge is -2.11. The highest BCUT2D eigenvalue weighted by Crippen LogP contribution is 2.26. The van der Waals surface area contributed by atoms with Crippen LogP contribution in [0.1, 0.15) is 31.4 Å². The van der Waals surface area contributed by atoms with Gasteiger partial charge in [0, 0.05) is 25.5 Å². The first-order valence-corrected chi connectivity index (χ1v) is 7.10. The summed E-state index contributed by atoms with van der Waals surface area (Å²) in [6.45, 7) is 2.09. The minimum atomic E-state index is -0.970. The van der Waals surface area contributed by atoms with E-state index in [0.29, 0.717) is 30.8 Å². The van der Waals surface area contributed by atoms with Crippen molar-refractivity contribution in [1.29, 1.82) is 0 Å². The molecule has 0 radical (unpaired) electrons. The molecule has 0 fully saturated rings. The fourth-order valence-electron chi connectivity index (χ4n) is 2.11. The number of benzene rings is 1. The molecule has 0 spiro atoms.